The van der Waals surface area contributed by atoms with Crippen LogP contribution < -0.4 is 15.4 Å². The maximum Gasteiger partial charge on any atom is 0.312 e. The summed E-state index contributed by atoms with van der Waals surface area (Å²) in [6.07, 6.45) is 11.9. The molecule has 0 radical (unpaired) electrons. The number of allylic oxidation sites excluding steroid dienone is 2. The number of carbonyl (C=O) groups excluding carboxylic acids is 3. The van der Waals surface area contributed by atoms with Gasteiger partial charge in [0, 0.05) is 85.8 Å². The van der Waals surface area contributed by atoms with Crippen LogP contribution in [0.1, 0.15) is 115 Å². The number of methoxy groups -OCH3 is 1. The van der Waals surface area contributed by atoms with Crippen molar-refractivity contribution in [3.8, 4) is 23.0 Å². The first-order valence-electron chi connectivity index (χ1n) is 23.3. The summed E-state index contributed by atoms with van der Waals surface area (Å²) in [4.78, 5) is 43.4. The van der Waals surface area contributed by atoms with E-state index in [1.165, 1.54) is 72.3 Å². The van der Waals surface area contributed by atoms with E-state index >= 15 is 0 Å². The lowest BCUT2D eigenvalue weighted by atomic mass is 9.78. The van der Waals surface area contributed by atoms with Crippen molar-refractivity contribution in [3.63, 3.8) is 0 Å². The minimum absolute atomic E-state index is 0.00114. The molecule has 0 unspecified atom stereocenters. The zero-order chi connectivity index (χ0) is 47.5. The van der Waals surface area contributed by atoms with Gasteiger partial charge in [0.1, 0.15) is 23.4 Å². The molecule has 9 atom stereocenters. The van der Waals surface area contributed by atoms with E-state index < -0.39 is 88.8 Å². The SMILES string of the molecule is CO[C@H]1/C=C/O[C@@]2(C)Oc3c(C)c(O)c4c(O)c(c(CNC5CCN(CC6CCCCC6)CC5)c(O)c4c3C2=O)NC(=O)/C(C)=C\C=C\[C@H](C)[C@H](O)[C@@H](C)[C@@H](O)[C@@H](C)[C@H](OC(C)=O)[C@@H]1C. The first-order chi connectivity index (χ1) is 30.8. The maximum atomic E-state index is 14.6. The molecule has 0 spiro atoms. The summed E-state index contributed by atoms with van der Waals surface area (Å²) in [5.74, 6) is -7.14. The van der Waals surface area contributed by atoms with Gasteiger partial charge in [-0.05, 0) is 64.6 Å². The number of carbonyl (C=O) groups is 3. The number of hydrogen-bond donors (Lipinski definition) is 7. The Hall–Kier alpha value is -4.67. The molecule has 1 saturated carbocycles. The highest BCUT2D eigenvalue weighted by Crippen LogP contribution is 2.55. The van der Waals surface area contributed by atoms with Gasteiger partial charge in [0.05, 0.1) is 41.2 Å². The number of aliphatic hydroxyl groups is 2. The largest absolute Gasteiger partial charge is 0.507 e. The number of amides is 1. The van der Waals surface area contributed by atoms with Crippen molar-refractivity contribution >= 4 is 34.1 Å². The van der Waals surface area contributed by atoms with Crippen LogP contribution in [0.25, 0.3) is 10.8 Å². The maximum absolute atomic E-state index is 14.6. The van der Waals surface area contributed by atoms with Gasteiger partial charge >= 0.3 is 11.8 Å². The molecule has 0 aromatic heterocycles. The van der Waals surface area contributed by atoms with Gasteiger partial charge in [0.15, 0.2) is 5.75 Å². The van der Waals surface area contributed by atoms with Crippen LogP contribution >= 0.6 is 0 Å². The smallest absolute Gasteiger partial charge is 0.312 e. The third-order valence-electron chi connectivity index (χ3n) is 14.5. The second-order valence-corrected chi connectivity index (χ2v) is 19.1. The number of phenols is 3. The van der Waals surface area contributed by atoms with Crippen molar-refractivity contribution in [1.29, 1.82) is 0 Å². The minimum Gasteiger partial charge on any atom is -0.507 e. The highest BCUT2D eigenvalue weighted by Gasteiger charge is 2.50. The number of rotatable bonds is 7. The summed E-state index contributed by atoms with van der Waals surface area (Å²) in [7, 11) is 1.45. The zero-order valence-electron chi connectivity index (χ0n) is 39.5. The van der Waals surface area contributed by atoms with Crippen LogP contribution in [0.15, 0.2) is 36.1 Å². The number of benzene rings is 2. The lowest BCUT2D eigenvalue weighted by Crippen LogP contribution is -2.46. The van der Waals surface area contributed by atoms with Gasteiger partial charge in [-0.25, -0.2) is 0 Å². The number of fused-ring (bicyclic) bond motifs is 14. The molecular formula is C50H71N3O12. The van der Waals surface area contributed by atoms with Gasteiger partial charge in [-0.3, -0.25) is 14.4 Å². The molecular weight excluding hydrogens is 835 g/mol. The summed E-state index contributed by atoms with van der Waals surface area (Å²) >= 11 is 0. The Morgan fingerprint density at radius 1 is 0.908 bits per heavy atom. The van der Waals surface area contributed by atoms with Crippen LogP contribution in [-0.2, 0) is 30.3 Å². The summed E-state index contributed by atoms with van der Waals surface area (Å²) in [5, 5.41) is 65.1. The summed E-state index contributed by atoms with van der Waals surface area (Å²) in [5.41, 5.74) is 0.157. The Balaban J connectivity index is 1.42. The number of nitrogens with zero attached hydrogens (tertiary/aromatic N) is 1. The first-order valence-corrected chi connectivity index (χ1v) is 23.3. The third kappa shape index (κ3) is 10.5. The molecule has 5 bridgehead atoms. The van der Waals surface area contributed by atoms with E-state index in [2.05, 4.69) is 15.5 Å². The number of nitrogens with one attached hydrogen (secondary N) is 2. The molecule has 15 nitrogen and oxygen atoms in total. The number of ether oxygens (including phenoxy) is 4. The predicted molar refractivity (Wildman–Crippen MR) is 247 cm³/mol. The van der Waals surface area contributed by atoms with Crippen molar-refractivity contribution in [2.45, 2.75) is 143 Å². The Morgan fingerprint density at radius 3 is 2.23 bits per heavy atom. The zero-order valence-corrected chi connectivity index (χ0v) is 39.5. The number of ketones is 1. The highest BCUT2D eigenvalue weighted by atomic mass is 16.7. The second-order valence-electron chi connectivity index (χ2n) is 19.1. The van der Waals surface area contributed by atoms with E-state index in [-0.39, 0.29) is 57.1 Å². The fraction of sp³-hybridized carbons (Fsp3) is 0.620. The predicted octanol–water partition coefficient (Wildman–Crippen LogP) is 6.89. The molecule has 15 heteroatoms. The van der Waals surface area contributed by atoms with Crippen LogP contribution in [-0.4, -0.2) is 111 Å². The second kappa shape index (κ2) is 20.9. The number of piperidine rings is 1. The number of hydrogen-bond acceptors (Lipinski definition) is 14. The molecule has 65 heavy (non-hydrogen) atoms. The van der Waals surface area contributed by atoms with Crippen molar-refractivity contribution in [3.05, 3.63) is 52.8 Å². The third-order valence-corrected chi connectivity index (χ3v) is 14.5. The number of esters is 1. The fourth-order valence-corrected chi connectivity index (χ4v) is 10.3. The van der Waals surface area contributed by atoms with Gasteiger partial charge in [0.2, 0.25) is 0 Å². The number of aliphatic hydroxyl groups excluding tert-OH is 2. The molecule has 5 aliphatic rings. The number of anilines is 1. The molecule has 4 aliphatic heterocycles. The van der Waals surface area contributed by atoms with Crippen LogP contribution in [0, 0.1) is 36.5 Å². The minimum atomic E-state index is -2.02. The summed E-state index contributed by atoms with van der Waals surface area (Å²) in [6, 6.07) is 0.0587. The molecule has 7 rings (SSSR count). The normalized spacial score (nSPS) is 32.1. The number of aromatic hydroxyl groups is 3. The first kappa shape index (κ1) is 49.8. The van der Waals surface area contributed by atoms with Crippen LogP contribution in [0.3, 0.4) is 0 Å². The van der Waals surface area contributed by atoms with Gasteiger partial charge in [0.25, 0.3) is 11.7 Å². The summed E-state index contributed by atoms with van der Waals surface area (Å²) < 4.78 is 23.8. The van der Waals surface area contributed by atoms with E-state index in [9.17, 15) is 39.9 Å². The van der Waals surface area contributed by atoms with Crippen molar-refractivity contribution in [2.75, 3.05) is 32.1 Å². The molecule has 1 amide bonds. The van der Waals surface area contributed by atoms with Crippen molar-refractivity contribution in [1.82, 2.24) is 10.2 Å². The van der Waals surface area contributed by atoms with E-state index in [1.807, 2.05) is 0 Å². The quantitative estimate of drug-likeness (QED) is 0.0856. The molecule has 358 valence electrons. The number of likely N-dealkylation sites (tertiary alicyclic amines) is 1. The fourth-order valence-electron chi connectivity index (χ4n) is 10.3. The average Bonchev–Trinajstić information content (AvgIpc) is 3.55. The van der Waals surface area contributed by atoms with E-state index in [4.69, 9.17) is 18.9 Å². The topological polar surface area (TPSA) is 217 Å². The summed E-state index contributed by atoms with van der Waals surface area (Å²) in [6.45, 7) is 15.6. The van der Waals surface area contributed by atoms with Crippen LogP contribution in [0.2, 0.25) is 0 Å². The van der Waals surface area contributed by atoms with Crippen molar-refractivity contribution < 1.29 is 58.9 Å². The molecule has 2 aromatic rings. The van der Waals surface area contributed by atoms with Gasteiger partial charge in [-0.15, -0.1) is 0 Å². The molecule has 7 N–H and O–H groups in total. The van der Waals surface area contributed by atoms with Crippen LogP contribution in [0.5, 0.6) is 23.0 Å². The lowest BCUT2D eigenvalue weighted by Gasteiger charge is -2.38. The Morgan fingerprint density at radius 2 is 1.58 bits per heavy atom. The van der Waals surface area contributed by atoms with Crippen LogP contribution in [0.4, 0.5) is 5.69 Å². The van der Waals surface area contributed by atoms with E-state index in [0.717, 1.165) is 38.4 Å². The average molecular weight is 906 g/mol. The van der Waals surface area contributed by atoms with Gasteiger partial charge in [-0.1, -0.05) is 65.2 Å². The lowest BCUT2D eigenvalue weighted by molar-refractivity contribution is -0.160. The standard InChI is InChI=1S/C50H71N3O12/c1-26-14-13-15-27(2)49(61)52-40-35(24-51-34-18-21-53(22-19-34)25-33-16-11-10-12-17-33)44(58)37-38(45(40)59)43(57)31(6)47-39(37)48(60)50(8,65-47)63-23-20-36(62-9)28(3)46(64-32(7)54)30(5)42(56)29(4)41(26)55/h13-15,20,23,26,28-30,33-34,36,41-42,46,51,55-59H,10-12,16-19,21-22,24-25H2,1-9H3,(H,52,61)/b14-13+,23-20+,27-15-/t26-,28+,29+,30+,36-,41-,42+,46+,50-/m0/s1. The molecule has 1 aliphatic carbocycles. The van der Waals surface area contributed by atoms with Gasteiger partial charge in [-0.2, -0.15) is 0 Å². The van der Waals surface area contributed by atoms with E-state index in [0.29, 0.717) is 0 Å². The number of Topliss-reactive ketones (excluding diaryl/α,β-unsaturated/α-hetero) is 1. The molecule has 4 heterocycles. The Labute approximate surface area is 382 Å². The van der Waals surface area contributed by atoms with E-state index in [1.54, 1.807) is 52.8 Å². The highest BCUT2D eigenvalue weighted by molar-refractivity contribution is 6.22. The molecule has 2 aromatic carbocycles. The number of phenolic OH excluding ortho intramolecular Hbond substituents is 3. The Kier molecular flexibility index (Phi) is 16.0. The molecule has 1 saturated heterocycles. The monoisotopic (exact) mass is 906 g/mol. The van der Waals surface area contributed by atoms with Crippen molar-refractivity contribution in [2.24, 2.45) is 29.6 Å². The molecule has 2 fully saturated rings. The van der Waals surface area contributed by atoms with Gasteiger partial charge < -0.3 is 60.0 Å². The Bertz CT molecular complexity index is 2170.